The van der Waals surface area contributed by atoms with Crippen molar-refractivity contribution in [3.63, 3.8) is 0 Å². The molecule has 0 spiro atoms. The van der Waals surface area contributed by atoms with Gasteiger partial charge in [0.1, 0.15) is 5.17 Å². The molecule has 0 saturated carbocycles. The normalized spacial score (nSPS) is 21.7. The highest BCUT2D eigenvalue weighted by Crippen LogP contribution is 2.17. The van der Waals surface area contributed by atoms with Gasteiger partial charge in [0.05, 0.1) is 6.42 Å². The van der Waals surface area contributed by atoms with Crippen LogP contribution in [0.5, 0.6) is 0 Å². The summed E-state index contributed by atoms with van der Waals surface area (Å²) >= 11 is 5.41. The summed E-state index contributed by atoms with van der Waals surface area (Å²) in [4.78, 5) is 4.64. The first-order chi connectivity index (χ1) is 3.29. The molecule has 1 heterocycles. The van der Waals surface area contributed by atoms with E-state index in [1.807, 2.05) is 6.92 Å². The third-order valence-corrected chi connectivity index (χ3v) is 0.898. The Morgan fingerprint density at radius 3 is 2.71 bits per heavy atom. The number of rotatable bonds is 0. The van der Waals surface area contributed by atoms with Gasteiger partial charge in [0.15, 0.2) is 6.10 Å². The Morgan fingerprint density at radius 1 is 1.86 bits per heavy atom. The Morgan fingerprint density at radius 2 is 2.57 bits per heavy atom. The zero-order chi connectivity index (χ0) is 5.28. The second-order valence-corrected chi connectivity index (χ2v) is 1.87. The summed E-state index contributed by atoms with van der Waals surface area (Å²) in [6.07, 6.45) is 1.55. The van der Waals surface area contributed by atoms with Crippen LogP contribution >= 0.6 is 11.6 Å². The zero-order valence-electron chi connectivity index (χ0n) is 3.94. The van der Waals surface area contributed by atoms with Gasteiger partial charge < -0.3 is 4.84 Å². The van der Waals surface area contributed by atoms with E-state index in [0.29, 0.717) is 11.6 Å². The molecule has 1 aliphatic heterocycles. The maximum Gasteiger partial charge on any atom is 0.183 e. The third-order valence-electron chi connectivity index (χ3n) is 0.695. The van der Waals surface area contributed by atoms with Gasteiger partial charge in [-0.25, -0.2) is 0 Å². The maximum atomic E-state index is 5.41. The van der Waals surface area contributed by atoms with E-state index in [-0.39, 0.29) is 0 Å². The number of hydrogen-bond acceptors (Lipinski definition) is 2. The molecule has 39 valence electrons. The number of nitrogens with zero attached hydrogens (tertiary/aromatic N) is 1. The van der Waals surface area contributed by atoms with Crippen LogP contribution in [0.1, 0.15) is 13.3 Å². The van der Waals surface area contributed by atoms with E-state index in [1.165, 1.54) is 0 Å². The van der Waals surface area contributed by atoms with Gasteiger partial charge in [0, 0.05) is 0 Å². The average molecular weight is 119 g/mol. The molecule has 0 fully saturated rings. The first kappa shape index (κ1) is 4.91. The molecule has 0 aromatic heterocycles. The minimum absolute atomic E-state index is 0.539. The topological polar surface area (TPSA) is 21.6 Å². The highest BCUT2D eigenvalue weighted by Gasteiger charge is 2.14. The van der Waals surface area contributed by atoms with E-state index in [2.05, 4.69) is 9.99 Å². The van der Waals surface area contributed by atoms with Gasteiger partial charge in [-0.2, -0.15) is 0 Å². The summed E-state index contributed by atoms with van der Waals surface area (Å²) in [7, 11) is 0. The Kier molecular flexibility index (Phi) is 1.19. The summed E-state index contributed by atoms with van der Waals surface area (Å²) in [5, 5.41) is 4.00. The largest absolute Gasteiger partial charge is 0.384 e. The van der Waals surface area contributed by atoms with Gasteiger partial charge in [0.2, 0.25) is 0 Å². The van der Waals surface area contributed by atoms with Crippen LogP contribution in [0.25, 0.3) is 0 Å². The van der Waals surface area contributed by atoms with Gasteiger partial charge in [0.25, 0.3) is 0 Å². The molecule has 0 amide bonds. The van der Waals surface area contributed by atoms with E-state index < -0.39 is 0 Å². The van der Waals surface area contributed by atoms with E-state index in [0.717, 1.165) is 6.10 Å². The lowest BCUT2D eigenvalue weighted by atomic mass is 10.3. The van der Waals surface area contributed by atoms with Crippen molar-refractivity contribution in [3.05, 3.63) is 6.10 Å². The quantitative estimate of drug-likeness (QED) is 0.473. The first-order valence-corrected chi connectivity index (χ1v) is 2.38. The summed E-state index contributed by atoms with van der Waals surface area (Å²) in [6.45, 7) is 1.85. The fraction of sp³-hybridized carbons (Fsp3) is 0.500. The van der Waals surface area contributed by atoms with Crippen LogP contribution in [0.3, 0.4) is 0 Å². The number of hydrogen-bond donors (Lipinski definition) is 0. The summed E-state index contributed by atoms with van der Waals surface area (Å²) in [6, 6.07) is 0. The van der Waals surface area contributed by atoms with Crippen molar-refractivity contribution in [1.29, 1.82) is 0 Å². The van der Waals surface area contributed by atoms with Crippen LogP contribution in [-0.4, -0.2) is 5.17 Å². The maximum absolute atomic E-state index is 5.41. The monoisotopic (exact) mass is 118 g/mol. The minimum Gasteiger partial charge on any atom is -0.384 e. The lowest BCUT2D eigenvalue weighted by Gasteiger charge is -1.90. The first-order valence-electron chi connectivity index (χ1n) is 2.01. The van der Waals surface area contributed by atoms with Crippen LogP contribution in [0.4, 0.5) is 0 Å². The van der Waals surface area contributed by atoms with E-state index in [9.17, 15) is 0 Å². The molecule has 1 aliphatic rings. The van der Waals surface area contributed by atoms with Crippen molar-refractivity contribution in [2.24, 2.45) is 5.16 Å². The summed E-state index contributed by atoms with van der Waals surface area (Å²) < 4.78 is 0. The second-order valence-electron chi connectivity index (χ2n) is 1.44. The van der Waals surface area contributed by atoms with Crippen molar-refractivity contribution < 1.29 is 4.84 Å². The molecule has 0 bridgehead atoms. The van der Waals surface area contributed by atoms with E-state index in [1.54, 1.807) is 0 Å². The molecule has 0 atom stereocenters. The highest BCUT2D eigenvalue weighted by molar-refractivity contribution is 6.65. The predicted molar refractivity (Wildman–Crippen MR) is 27.9 cm³/mol. The SMILES string of the molecule is C[C]1CC(Cl)=NO1. The van der Waals surface area contributed by atoms with Gasteiger partial charge in [-0.05, 0) is 6.92 Å². The van der Waals surface area contributed by atoms with Crippen LogP contribution in [0.15, 0.2) is 5.16 Å². The molecule has 0 aliphatic carbocycles. The lowest BCUT2D eigenvalue weighted by Crippen LogP contribution is -1.85. The molecule has 7 heavy (non-hydrogen) atoms. The summed E-state index contributed by atoms with van der Waals surface area (Å²) in [5.41, 5.74) is 0. The Hall–Kier alpha value is -0.240. The molecule has 0 N–H and O–H groups in total. The van der Waals surface area contributed by atoms with Gasteiger partial charge in [-0.1, -0.05) is 16.8 Å². The Balaban J connectivity index is 2.42. The van der Waals surface area contributed by atoms with Gasteiger partial charge in [-0.15, -0.1) is 0 Å². The van der Waals surface area contributed by atoms with Crippen LogP contribution < -0.4 is 0 Å². The molecule has 2 nitrogen and oxygen atoms in total. The van der Waals surface area contributed by atoms with Crippen molar-refractivity contribution >= 4 is 16.8 Å². The van der Waals surface area contributed by atoms with Crippen molar-refractivity contribution in [2.45, 2.75) is 13.3 Å². The molecule has 0 unspecified atom stereocenters. The van der Waals surface area contributed by atoms with Crippen LogP contribution in [0.2, 0.25) is 0 Å². The molecule has 1 radical (unpaired) electrons. The second kappa shape index (κ2) is 1.70. The van der Waals surface area contributed by atoms with Crippen molar-refractivity contribution in [3.8, 4) is 0 Å². The summed E-state index contributed by atoms with van der Waals surface area (Å²) in [5.74, 6) is 0. The number of oxime groups is 1. The molecule has 1 rings (SSSR count). The van der Waals surface area contributed by atoms with Crippen LogP contribution in [-0.2, 0) is 4.84 Å². The fourth-order valence-electron chi connectivity index (χ4n) is 0.397. The van der Waals surface area contributed by atoms with Gasteiger partial charge >= 0.3 is 0 Å². The lowest BCUT2D eigenvalue weighted by molar-refractivity contribution is 0.182. The molecule has 3 heteroatoms. The molecular weight excluding hydrogens is 114 g/mol. The molecule has 0 aromatic rings. The van der Waals surface area contributed by atoms with Crippen molar-refractivity contribution in [2.75, 3.05) is 0 Å². The third kappa shape index (κ3) is 1.06. The van der Waals surface area contributed by atoms with Gasteiger partial charge in [-0.3, -0.25) is 0 Å². The predicted octanol–water partition coefficient (Wildman–Crippen LogP) is 1.51. The zero-order valence-corrected chi connectivity index (χ0v) is 4.70. The Labute approximate surface area is 47.1 Å². The molecule has 0 saturated heterocycles. The highest BCUT2D eigenvalue weighted by atomic mass is 35.5. The van der Waals surface area contributed by atoms with Crippen LogP contribution in [0, 0.1) is 6.10 Å². The molecule has 0 aromatic carbocycles. The standard InChI is InChI=1S/C4H5ClNO/c1-3-2-4(5)6-7-3/h2H2,1H3. The van der Waals surface area contributed by atoms with E-state index in [4.69, 9.17) is 11.6 Å². The number of halogens is 1. The molecular formula is C4H5ClNO. The Bertz CT molecular complexity index is 102. The smallest absolute Gasteiger partial charge is 0.183 e. The fourth-order valence-corrected chi connectivity index (χ4v) is 0.620. The minimum atomic E-state index is 0.539. The van der Waals surface area contributed by atoms with E-state index >= 15 is 0 Å². The van der Waals surface area contributed by atoms with Crippen molar-refractivity contribution in [1.82, 2.24) is 0 Å². The average Bonchev–Trinajstić information content (AvgIpc) is 1.87.